The normalized spacial score (nSPS) is 38.2. The fourth-order valence-electron chi connectivity index (χ4n) is 7.27. The molecule has 8 heteroatoms. The Kier molecular flexibility index (Phi) is 6.07. The molecule has 3 saturated carbocycles. The molecular formula is C26H32O8. The second-order valence-corrected chi connectivity index (χ2v) is 10.4. The van der Waals surface area contributed by atoms with Crippen molar-refractivity contribution in [2.24, 2.45) is 28.6 Å². The maximum Gasteiger partial charge on any atom is 0.509 e. The molecule has 0 saturated heterocycles. The molecule has 0 amide bonds. The molecule has 4 aliphatic carbocycles. The van der Waals surface area contributed by atoms with Crippen LogP contribution in [0.25, 0.3) is 0 Å². The first kappa shape index (κ1) is 24.4. The van der Waals surface area contributed by atoms with Crippen LogP contribution in [0.5, 0.6) is 0 Å². The number of hydrogen-bond acceptors (Lipinski definition) is 8. The topological polar surface area (TPSA) is 113 Å². The van der Waals surface area contributed by atoms with E-state index < -0.39 is 40.9 Å². The van der Waals surface area contributed by atoms with Crippen LogP contribution in [0.15, 0.2) is 23.8 Å². The molecule has 0 aromatic carbocycles. The first-order chi connectivity index (χ1) is 16.0. The number of esters is 1. The molecule has 4 rings (SSSR count). The zero-order chi connectivity index (χ0) is 24.9. The van der Waals surface area contributed by atoms with Gasteiger partial charge in [-0.15, -0.1) is 0 Å². The molecule has 3 fully saturated rings. The predicted octanol–water partition coefficient (Wildman–Crippen LogP) is 3.52. The SMILES string of the molecule is CCOC(=O)O[C@]1(C(=O)COC(C)=O)CC[C@H]2[C@@H]3CCC4=CC(=O)C=C[C@]4(C)[C@H]3C(=O)C[C@@]21C. The first-order valence-electron chi connectivity index (χ1n) is 12.0. The lowest BCUT2D eigenvalue weighted by atomic mass is 9.46. The molecule has 0 N–H and O–H groups in total. The molecule has 0 aromatic heterocycles. The van der Waals surface area contributed by atoms with Gasteiger partial charge in [0.1, 0.15) is 5.78 Å². The Morgan fingerprint density at radius 2 is 1.85 bits per heavy atom. The van der Waals surface area contributed by atoms with Crippen LogP contribution < -0.4 is 0 Å². The molecule has 6 atom stereocenters. The highest BCUT2D eigenvalue weighted by Crippen LogP contribution is 2.67. The third-order valence-corrected chi connectivity index (χ3v) is 8.75. The molecule has 0 aromatic rings. The van der Waals surface area contributed by atoms with E-state index >= 15 is 0 Å². The maximum atomic E-state index is 13.8. The summed E-state index contributed by atoms with van der Waals surface area (Å²) in [5.74, 6) is -1.60. The fraction of sp³-hybridized carbons (Fsp3) is 0.654. The van der Waals surface area contributed by atoms with Crippen molar-refractivity contribution in [3.63, 3.8) is 0 Å². The van der Waals surface area contributed by atoms with E-state index in [-0.39, 0.29) is 48.8 Å². The lowest BCUT2D eigenvalue weighted by Gasteiger charge is -2.57. The van der Waals surface area contributed by atoms with E-state index in [4.69, 9.17) is 14.2 Å². The summed E-state index contributed by atoms with van der Waals surface area (Å²) in [6, 6.07) is 0. The van der Waals surface area contributed by atoms with E-state index in [0.717, 1.165) is 5.57 Å². The second-order valence-electron chi connectivity index (χ2n) is 10.4. The smallest absolute Gasteiger partial charge is 0.458 e. The van der Waals surface area contributed by atoms with Crippen molar-refractivity contribution < 1.29 is 38.2 Å². The lowest BCUT2D eigenvalue weighted by molar-refractivity contribution is -0.176. The van der Waals surface area contributed by atoms with Gasteiger partial charge in [0.15, 0.2) is 18.0 Å². The summed E-state index contributed by atoms with van der Waals surface area (Å²) in [6.45, 7) is 6.25. The minimum absolute atomic E-state index is 0.00475. The number of fused-ring (bicyclic) bond motifs is 5. The van der Waals surface area contributed by atoms with Gasteiger partial charge in [0.2, 0.25) is 5.78 Å². The number of ether oxygens (including phenoxy) is 3. The molecular weight excluding hydrogens is 440 g/mol. The molecule has 8 nitrogen and oxygen atoms in total. The van der Waals surface area contributed by atoms with E-state index in [0.29, 0.717) is 19.3 Å². The van der Waals surface area contributed by atoms with Crippen molar-refractivity contribution in [3.05, 3.63) is 23.8 Å². The number of hydrogen-bond donors (Lipinski definition) is 0. The number of ketones is 3. The van der Waals surface area contributed by atoms with Crippen molar-refractivity contribution in [2.45, 2.75) is 65.4 Å². The summed E-state index contributed by atoms with van der Waals surface area (Å²) >= 11 is 0. The van der Waals surface area contributed by atoms with Crippen molar-refractivity contribution in [2.75, 3.05) is 13.2 Å². The van der Waals surface area contributed by atoms with Crippen molar-refractivity contribution in [1.82, 2.24) is 0 Å². The van der Waals surface area contributed by atoms with Crippen LogP contribution in [0.2, 0.25) is 0 Å². The molecule has 0 heterocycles. The van der Waals surface area contributed by atoms with Gasteiger partial charge in [-0.1, -0.05) is 25.5 Å². The number of rotatable bonds is 5. The van der Waals surface area contributed by atoms with Gasteiger partial charge < -0.3 is 14.2 Å². The molecule has 0 unspecified atom stereocenters. The van der Waals surface area contributed by atoms with Crippen molar-refractivity contribution >= 4 is 29.5 Å². The van der Waals surface area contributed by atoms with Crippen LogP contribution in [-0.4, -0.2) is 48.3 Å². The highest BCUT2D eigenvalue weighted by molar-refractivity contribution is 6.02. The van der Waals surface area contributed by atoms with Gasteiger partial charge in [0, 0.05) is 30.1 Å². The lowest BCUT2D eigenvalue weighted by Crippen LogP contribution is -2.62. The van der Waals surface area contributed by atoms with E-state index in [1.165, 1.54) is 6.92 Å². The minimum Gasteiger partial charge on any atom is -0.458 e. The monoisotopic (exact) mass is 472 g/mol. The Morgan fingerprint density at radius 1 is 1.12 bits per heavy atom. The highest BCUT2D eigenvalue weighted by atomic mass is 16.7. The summed E-state index contributed by atoms with van der Waals surface area (Å²) in [7, 11) is 0. The van der Waals surface area contributed by atoms with Gasteiger partial charge in [-0.05, 0) is 56.6 Å². The number of carbonyl (C=O) groups excluding carboxylic acids is 5. The first-order valence-corrected chi connectivity index (χ1v) is 12.0. The third-order valence-electron chi connectivity index (χ3n) is 8.75. The molecule has 0 aliphatic heterocycles. The second kappa shape index (κ2) is 8.47. The number of allylic oxidation sites excluding steroid dienone is 4. The average Bonchev–Trinajstić information content (AvgIpc) is 3.04. The molecule has 4 aliphatic rings. The summed E-state index contributed by atoms with van der Waals surface area (Å²) in [5, 5.41) is 0. The van der Waals surface area contributed by atoms with Crippen molar-refractivity contribution in [3.8, 4) is 0 Å². The average molecular weight is 473 g/mol. The summed E-state index contributed by atoms with van der Waals surface area (Å²) in [4.78, 5) is 63.1. The molecule has 34 heavy (non-hydrogen) atoms. The summed E-state index contributed by atoms with van der Waals surface area (Å²) in [5.41, 5.74) is -2.13. The van der Waals surface area contributed by atoms with Crippen LogP contribution in [0, 0.1) is 28.6 Å². The highest BCUT2D eigenvalue weighted by Gasteiger charge is 2.70. The molecule has 184 valence electrons. The Hall–Kier alpha value is -2.77. The van der Waals surface area contributed by atoms with Crippen LogP contribution in [-0.2, 0) is 33.4 Å². The van der Waals surface area contributed by atoms with E-state index in [1.807, 2.05) is 19.9 Å². The zero-order valence-electron chi connectivity index (χ0n) is 20.2. The van der Waals surface area contributed by atoms with Gasteiger partial charge in [-0.2, -0.15) is 0 Å². The van der Waals surface area contributed by atoms with E-state index in [2.05, 4.69) is 0 Å². The molecule has 0 bridgehead atoms. The maximum absolute atomic E-state index is 13.8. The van der Waals surface area contributed by atoms with Gasteiger partial charge >= 0.3 is 12.1 Å². The van der Waals surface area contributed by atoms with Gasteiger partial charge in [0.05, 0.1) is 6.61 Å². The van der Waals surface area contributed by atoms with Crippen LogP contribution in [0.3, 0.4) is 0 Å². The largest absolute Gasteiger partial charge is 0.509 e. The standard InChI is InChI=1S/C26H32O8/c1-5-32-23(31)34-26(21(30)14-33-15(2)27)11-9-19-18-7-6-16-12-17(28)8-10-24(16,3)22(18)20(29)13-25(19,26)4/h8,10,12,18-19,22H,5-7,9,11,13-14H2,1-4H3/t18-,19-,22+,24-,25-,26-/m0/s1. The van der Waals surface area contributed by atoms with Gasteiger partial charge in [-0.25, -0.2) is 4.79 Å². The Balaban J connectivity index is 1.73. The predicted molar refractivity (Wildman–Crippen MR) is 119 cm³/mol. The molecule has 0 spiro atoms. The van der Waals surface area contributed by atoms with Crippen LogP contribution in [0.4, 0.5) is 4.79 Å². The molecule has 0 radical (unpaired) electrons. The number of Topliss-reactive ketones (excluding diaryl/α,β-unsaturated/α-hetero) is 2. The Bertz CT molecular complexity index is 1010. The summed E-state index contributed by atoms with van der Waals surface area (Å²) < 4.78 is 15.7. The van der Waals surface area contributed by atoms with Crippen LogP contribution in [0.1, 0.15) is 59.8 Å². The summed E-state index contributed by atoms with van der Waals surface area (Å²) in [6.07, 6.45) is 6.38. The van der Waals surface area contributed by atoms with Gasteiger partial charge in [0.25, 0.3) is 0 Å². The number of carbonyl (C=O) groups is 5. The fourth-order valence-corrected chi connectivity index (χ4v) is 7.27. The third kappa shape index (κ3) is 3.53. The van der Waals surface area contributed by atoms with Crippen LogP contribution >= 0.6 is 0 Å². The minimum atomic E-state index is -1.62. The Morgan fingerprint density at radius 3 is 2.53 bits per heavy atom. The van der Waals surface area contributed by atoms with Crippen molar-refractivity contribution in [1.29, 1.82) is 0 Å². The van der Waals surface area contributed by atoms with E-state index in [1.54, 1.807) is 19.1 Å². The quantitative estimate of drug-likeness (QED) is 0.559. The van der Waals surface area contributed by atoms with E-state index in [9.17, 15) is 24.0 Å². The Labute approximate surface area is 199 Å². The van der Waals surface area contributed by atoms with Gasteiger partial charge in [-0.3, -0.25) is 19.2 Å². The zero-order valence-corrected chi connectivity index (χ0v) is 20.2.